The van der Waals surface area contributed by atoms with Gasteiger partial charge in [0.25, 0.3) is 0 Å². The van der Waals surface area contributed by atoms with Crippen molar-refractivity contribution in [1.29, 1.82) is 0 Å². The van der Waals surface area contributed by atoms with E-state index in [-0.39, 0.29) is 11.0 Å². The molecule has 0 radical (unpaired) electrons. The van der Waals surface area contributed by atoms with Crippen molar-refractivity contribution in [2.24, 2.45) is 0 Å². The van der Waals surface area contributed by atoms with E-state index in [1.165, 1.54) is 6.07 Å². The second-order valence-electron chi connectivity index (χ2n) is 4.09. The van der Waals surface area contributed by atoms with E-state index in [0.717, 1.165) is 5.56 Å². The fourth-order valence-corrected chi connectivity index (χ4v) is 1.75. The zero-order valence-electron chi connectivity index (χ0n) is 10.4. The van der Waals surface area contributed by atoms with E-state index in [4.69, 9.17) is 11.6 Å². The molecule has 0 atom stereocenters. The van der Waals surface area contributed by atoms with E-state index < -0.39 is 12.0 Å². The van der Waals surface area contributed by atoms with Gasteiger partial charge in [0.15, 0.2) is 0 Å². The Morgan fingerprint density at radius 3 is 2.65 bits per heavy atom. The summed E-state index contributed by atoms with van der Waals surface area (Å²) in [7, 11) is 1.62. The molecule has 2 heterocycles. The molecule has 2 aromatic heterocycles. The molecule has 2 aromatic rings. The highest BCUT2D eigenvalue weighted by atomic mass is 35.5. The van der Waals surface area contributed by atoms with Crippen LogP contribution in [0, 0.1) is 0 Å². The predicted molar refractivity (Wildman–Crippen MR) is 68.4 cm³/mol. The third-order valence-electron chi connectivity index (χ3n) is 2.47. The van der Waals surface area contributed by atoms with Crippen LogP contribution in [0.3, 0.4) is 0 Å². The van der Waals surface area contributed by atoms with Crippen molar-refractivity contribution in [2.75, 3.05) is 11.9 Å². The molecule has 0 saturated carbocycles. The Balaban J connectivity index is 2.26. The van der Waals surface area contributed by atoms with Gasteiger partial charge < -0.3 is 4.90 Å². The molecule has 106 valence electrons. The molecular weight excluding hydrogens is 293 g/mol. The van der Waals surface area contributed by atoms with Crippen molar-refractivity contribution < 1.29 is 13.2 Å². The lowest BCUT2D eigenvalue weighted by Crippen LogP contribution is -2.20. The van der Waals surface area contributed by atoms with Crippen LogP contribution in [-0.4, -0.2) is 22.0 Å². The molecule has 0 aliphatic rings. The first-order valence-corrected chi connectivity index (χ1v) is 5.96. The SMILES string of the molecule is CN(Cc1cccnc1)c1cc(Cl)nc(C(F)(F)F)n1. The maximum Gasteiger partial charge on any atom is 0.451 e. The standard InChI is InChI=1S/C12H10ClF3N4/c1-20(7-8-3-2-4-17-6-8)10-5-9(13)18-11(19-10)12(14,15)16/h2-6H,7H2,1H3. The maximum absolute atomic E-state index is 12.6. The largest absolute Gasteiger partial charge is 0.451 e. The number of rotatable bonds is 3. The summed E-state index contributed by atoms with van der Waals surface area (Å²) in [5.74, 6) is -1.15. The molecule has 0 aliphatic carbocycles. The molecule has 0 aliphatic heterocycles. The summed E-state index contributed by atoms with van der Waals surface area (Å²) in [6, 6.07) is 4.85. The van der Waals surface area contributed by atoms with Gasteiger partial charge in [-0.25, -0.2) is 9.97 Å². The molecule has 0 N–H and O–H groups in total. The Bertz CT molecular complexity index is 589. The molecular formula is C12H10ClF3N4. The zero-order chi connectivity index (χ0) is 14.8. The lowest BCUT2D eigenvalue weighted by Gasteiger charge is -2.19. The minimum atomic E-state index is -4.63. The van der Waals surface area contributed by atoms with Gasteiger partial charge in [0.1, 0.15) is 11.0 Å². The third kappa shape index (κ3) is 3.57. The number of hydrogen-bond acceptors (Lipinski definition) is 4. The molecule has 0 bridgehead atoms. The first kappa shape index (κ1) is 14.5. The van der Waals surface area contributed by atoms with Crippen molar-refractivity contribution in [1.82, 2.24) is 15.0 Å². The van der Waals surface area contributed by atoms with Gasteiger partial charge in [-0.15, -0.1) is 0 Å². The van der Waals surface area contributed by atoms with Crippen molar-refractivity contribution in [3.63, 3.8) is 0 Å². The number of aromatic nitrogens is 3. The van der Waals surface area contributed by atoms with Gasteiger partial charge in [0, 0.05) is 32.1 Å². The molecule has 2 rings (SSSR count). The van der Waals surface area contributed by atoms with Crippen LogP contribution in [-0.2, 0) is 12.7 Å². The van der Waals surface area contributed by atoms with Gasteiger partial charge in [-0.2, -0.15) is 13.2 Å². The third-order valence-corrected chi connectivity index (χ3v) is 2.66. The van der Waals surface area contributed by atoms with E-state index in [1.54, 1.807) is 30.4 Å². The Hall–Kier alpha value is -1.89. The molecule has 8 heteroatoms. The van der Waals surface area contributed by atoms with E-state index in [2.05, 4.69) is 15.0 Å². The quantitative estimate of drug-likeness (QED) is 0.817. The van der Waals surface area contributed by atoms with Crippen LogP contribution >= 0.6 is 11.6 Å². The van der Waals surface area contributed by atoms with Crippen LogP contribution in [0.2, 0.25) is 5.15 Å². The summed E-state index contributed by atoms with van der Waals surface area (Å²) in [6.07, 6.45) is -1.38. The summed E-state index contributed by atoms with van der Waals surface area (Å²) in [5, 5.41) is -0.250. The number of halogens is 4. The monoisotopic (exact) mass is 302 g/mol. The topological polar surface area (TPSA) is 41.9 Å². The van der Waals surface area contributed by atoms with E-state index in [0.29, 0.717) is 6.54 Å². The first-order valence-electron chi connectivity index (χ1n) is 5.58. The van der Waals surface area contributed by atoms with E-state index in [1.807, 2.05) is 6.07 Å². The summed E-state index contributed by atoms with van der Waals surface area (Å²) in [6.45, 7) is 0.360. The first-order chi connectivity index (χ1) is 9.36. The number of nitrogens with zero attached hydrogens (tertiary/aromatic N) is 4. The van der Waals surface area contributed by atoms with Gasteiger partial charge in [0.05, 0.1) is 0 Å². The van der Waals surface area contributed by atoms with Crippen molar-refractivity contribution in [2.45, 2.75) is 12.7 Å². The average molecular weight is 303 g/mol. The highest BCUT2D eigenvalue weighted by molar-refractivity contribution is 6.29. The summed E-state index contributed by atoms with van der Waals surface area (Å²) in [5.41, 5.74) is 0.846. The molecule has 0 spiro atoms. The smallest absolute Gasteiger partial charge is 0.355 e. The van der Waals surface area contributed by atoms with E-state index in [9.17, 15) is 13.2 Å². The Labute approximate surface area is 118 Å². The van der Waals surface area contributed by atoms with Crippen LogP contribution in [0.5, 0.6) is 0 Å². The Morgan fingerprint density at radius 1 is 1.30 bits per heavy atom. The van der Waals surface area contributed by atoms with Gasteiger partial charge in [-0.05, 0) is 11.6 Å². The van der Waals surface area contributed by atoms with E-state index >= 15 is 0 Å². The summed E-state index contributed by atoms with van der Waals surface area (Å²) >= 11 is 5.61. The molecule has 0 unspecified atom stereocenters. The van der Waals surface area contributed by atoms with Crippen molar-refractivity contribution in [3.8, 4) is 0 Å². The maximum atomic E-state index is 12.6. The van der Waals surface area contributed by atoms with Crippen LogP contribution in [0.15, 0.2) is 30.6 Å². The minimum Gasteiger partial charge on any atom is -0.355 e. The van der Waals surface area contributed by atoms with Crippen LogP contribution < -0.4 is 4.90 Å². The summed E-state index contributed by atoms with van der Waals surface area (Å²) < 4.78 is 37.9. The molecule has 0 saturated heterocycles. The highest BCUT2D eigenvalue weighted by Crippen LogP contribution is 2.29. The van der Waals surface area contributed by atoms with Crippen LogP contribution in [0.1, 0.15) is 11.4 Å². The van der Waals surface area contributed by atoms with Gasteiger partial charge in [-0.3, -0.25) is 4.98 Å². The van der Waals surface area contributed by atoms with Crippen molar-refractivity contribution in [3.05, 3.63) is 47.1 Å². The normalized spacial score (nSPS) is 11.4. The zero-order valence-corrected chi connectivity index (χ0v) is 11.2. The molecule has 0 amide bonds. The fourth-order valence-electron chi connectivity index (χ4n) is 1.57. The second kappa shape index (κ2) is 5.62. The highest BCUT2D eigenvalue weighted by Gasteiger charge is 2.35. The predicted octanol–water partition coefficient (Wildman–Crippen LogP) is 3.18. The minimum absolute atomic E-state index is 0.0983. The van der Waals surface area contributed by atoms with Gasteiger partial charge in [0.2, 0.25) is 5.82 Å². The molecule has 0 aromatic carbocycles. The van der Waals surface area contributed by atoms with Crippen LogP contribution in [0.4, 0.5) is 19.0 Å². The Kier molecular flexibility index (Phi) is 4.08. The molecule has 20 heavy (non-hydrogen) atoms. The number of pyridine rings is 1. The fraction of sp³-hybridized carbons (Fsp3) is 0.250. The molecule has 0 fully saturated rings. The molecule has 4 nitrogen and oxygen atoms in total. The average Bonchev–Trinajstić information content (AvgIpc) is 2.38. The number of anilines is 1. The van der Waals surface area contributed by atoms with Gasteiger partial charge >= 0.3 is 6.18 Å². The lowest BCUT2D eigenvalue weighted by molar-refractivity contribution is -0.144. The number of hydrogen-bond donors (Lipinski definition) is 0. The van der Waals surface area contributed by atoms with Gasteiger partial charge in [-0.1, -0.05) is 17.7 Å². The lowest BCUT2D eigenvalue weighted by atomic mass is 10.3. The second-order valence-corrected chi connectivity index (χ2v) is 4.47. The van der Waals surface area contributed by atoms with Crippen molar-refractivity contribution >= 4 is 17.4 Å². The van der Waals surface area contributed by atoms with Crippen LogP contribution in [0.25, 0.3) is 0 Å². The number of alkyl halides is 3. The Morgan fingerprint density at radius 2 is 2.05 bits per heavy atom. The summed E-state index contributed by atoms with van der Waals surface area (Å²) in [4.78, 5) is 12.2.